The summed E-state index contributed by atoms with van der Waals surface area (Å²) in [5.41, 5.74) is 11.6. The smallest absolute Gasteiger partial charge is 0.413 e. The Labute approximate surface area is 510 Å². The largest absolute Gasteiger partial charge is 0.444 e. The van der Waals surface area contributed by atoms with Gasteiger partial charge in [-0.05, 0) is 67.2 Å². The Morgan fingerprint density at radius 1 is 0.898 bits per heavy atom. The zero-order chi connectivity index (χ0) is 63.2. The summed E-state index contributed by atoms with van der Waals surface area (Å²) in [7, 11) is 0. The predicted octanol–water partition coefficient (Wildman–Crippen LogP) is 2.45. The van der Waals surface area contributed by atoms with Crippen molar-refractivity contribution < 1.29 is 80.7 Å². The number of Topliss-reactive ketones (excluding diaryl/α,β-unsaturated/α-hetero) is 1. The highest BCUT2D eigenvalue weighted by Gasteiger charge is 2.53. The van der Waals surface area contributed by atoms with E-state index in [9.17, 15) is 53.2 Å². The number of thiol groups is 1. The van der Waals surface area contributed by atoms with E-state index in [1.165, 1.54) is 21.5 Å². The minimum atomic E-state index is -4.55. The molecule has 4 aliphatic heterocycles. The van der Waals surface area contributed by atoms with Crippen LogP contribution in [0.15, 0.2) is 72.5 Å². The van der Waals surface area contributed by atoms with Crippen LogP contribution in [0, 0.1) is 11.8 Å². The Morgan fingerprint density at radius 2 is 1.61 bits per heavy atom. The van der Waals surface area contributed by atoms with E-state index in [0.717, 1.165) is 12.7 Å². The number of aliphatic hydroxyl groups is 2. The third kappa shape index (κ3) is 15.8. The van der Waals surface area contributed by atoms with Gasteiger partial charge in [0.25, 0.3) is 11.5 Å². The molecule has 88 heavy (non-hydrogen) atoms. The molecule has 5 aromatic rings. The number of carbonyl (C=O) groups excluding carboxylic acids is 6. The number of rotatable bonds is 22. The van der Waals surface area contributed by atoms with Crippen LogP contribution in [0.5, 0.6) is 0 Å². The fraction of sp³-hybridized carbons (Fsp3) is 0.490. The summed E-state index contributed by atoms with van der Waals surface area (Å²) in [5.74, 6) is -2.83. The van der Waals surface area contributed by atoms with Gasteiger partial charge in [0, 0.05) is 49.3 Å². The van der Waals surface area contributed by atoms with Crippen molar-refractivity contribution in [2.24, 2.45) is 17.6 Å². The summed E-state index contributed by atoms with van der Waals surface area (Å²) >= 11 is 9.47. The SMILES string of the molecule is C=C1C=CC(=O)N1CCCCCC(=O)N[C@H](C(=O)C[C@@H](CCCNC(N)=O)C(=O)Nc1ccc(COC(=O)Nc2ncnc3c2ncn3[C@@H]2O[C@@H]3COP(O)(=S)O[C@@H]4C(O)[C@H](n5cnc6c(=O)[nH]c(N)nc65)O[C@@H]4COP(=O)(S)O[C@H]2C3O)cc1)C(C)C. The minimum Gasteiger partial charge on any atom is -0.444 e. The molecule has 2 bridgehead atoms. The second kappa shape index (κ2) is 28.2. The lowest BCUT2D eigenvalue weighted by Gasteiger charge is -2.27. The van der Waals surface area contributed by atoms with Gasteiger partial charge in [0.1, 0.15) is 49.6 Å². The quantitative estimate of drug-likeness (QED) is 0.0269. The van der Waals surface area contributed by atoms with Crippen molar-refractivity contribution in [2.45, 2.75) is 121 Å². The number of ketones is 1. The number of urea groups is 1. The number of aromatic nitrogens is 8. The number of nitrogens with one attached hydrogen (secondary N) is 5. The number of aromatic amines is 1. The van der Waals surface area contributed by atoms with Crippen molar-refractivity contribution >= 4 is 113 Å². The highest BCUT2D eigenvalue weighted by Crippen LogP contribution is 2.58. The summed E-state index contributed by atoms with van der Waals surface area (Å²) in [6.45, 7) is -2.45. The van der Waals surface area contributed by atoms with Gasteiger partial charge in [-0.3, -0.25) is 57.0 Å². The van der Waals surface area contributed by atoms with E-state index in [1.807, 2.05) is 0 Å². The number of unbranched alkanes of at least 4 members (excludes halogenated alkanes) is 2. The third-order valence-corrected chi connectivity index (χ3v) is 17.8. The Bertz CT molecular complexity index is 3630. The first-order valence-electron chi connectivity index (χ1n) is 27.6. The van der Waals surface area contributed by atoms with Crippen LogP contribution in [0.1, 0.15) is 76.8 Å². The molecule has 33 nitrogen and oxygen atoms in total. The van der Waals surface area contributed by atoms with Gasteiger partial charge in [-0.15, -0.1) is 0 Å². The summed E-state index contributed by atoms with van der Waals surface area (Å²) in [4.78, 5) is 126. The number of ether oxygens (including phenoxy) is 3. The van der Waals surface area contributed by atoms with Crippen molar-refractivity contribution in [1.82, 2.24) is 54.6 Å². The van der Waals surface area contributed by atoms with Crippen molar-refractivity contribution in [3.05, 3.63) is 83.6 Å². The second-order valence-electron chi connectivity index (χ2n) is 21.2. The molecule has 4 aromatic heterocycles. The number of carbonyl (C=O) groups is 6. The number of nitrogens with two attached hydrogens (primary N) is 2. The molecule has 1 aromatic carbocycles. The maximum absolute atomic E-state index is 14.0. The predicted molar refractivity (Wildman–Crippen MR) is 317 cm³/mol. The zero-order valence-corrected chi connectivity index (χ0v) is 50.7. The van der Waals surface area contributed by atoms with Gasteiger partial charge in [0.2, 0.25) is 17.8 Å². The fourth-order valence-corrected chi connectivity index (χ4v) is 13.1. The molecule has 3 saturated heterocycles. The van der Waals surface area contributed by atoms with Gasteiger partial charge in [0.15, 0.2) is 46.4 Å². The zero-order valence-electron chi connectivity index (χ0n) is 47.2. The number of aliphatic hydroxyl groups excluding tert-OH is 2. The first kappa shape index (κ1) is 65.3. The van der Waals surface area contributed by atoms with E-state index < -0.39 is 111 Å². The lowest BCUT2D eigenvalue weighted by atomic mass is 9.89. The van der Waals surface area contributed by atoms with Crippen LogP contribution >= 0.6 is 25.8 Å². The molecule has 0 saturated carbocycles. The molecule has 37 heteroatoms. The number of primary amides is 1. The monoisotopic (exact) mass is 1300 g/mol. The number of fused-ring (bicyclic) bond motifs is 5. The van der Waals surface area contributed by atoms with Crippen LogP contribution < -0.4 is 38.3 Å². The first-order valence-corrected chi connectivity index (χ1v) is 32.9. The number of nitrogens with zero attached hydrogens (tertiary/aromatic N) is 8. The number of benzene rings is 1. The summed E-state index contributed by atoms with van der Waals surface area (Å²) in [5, 5.41) is 33.7. The topological polar surface area (TPSA) is 455 Å². The Morgan fingerprint density at radius 3 is 2.33 bits per heavy atom. The standard InChI is InChI=1S/C51H65N15O18P2S2/c1-25(2)35(60-33(68)9-5-4-6-17-64-26(3)10-15-34(64)69)30(67)18-28(8-7-16-54-50(53)74)45(72)59-29-13-11-27(12-14-29)19-78-51(75)61-42-36-43(56-22-55-42)65(23-57-36)48-41-38(70)31(81-48)20-79-85(76,87)83-40-32(21-80-86(77,88)84-41)82-47(39(40)71)66-24-58-37-44(66)62-49(52)63-46(37)73/h10-15,22-25,28,31-32,35,38-41,47-48,70-71H,3-9,16-21H2,1-2H3,(H,59,72)(H,60,68)(H,76,87)(H,77,88)(H3,53,54,74)(H3,52,62,63,73)(H,55,56,61,75)/t28-,31-,32-,35+,38?,39?,40+,41+,47-,48-,85?,86?/m1/s1. The Kier molecular flexibility index (Phi) is 20.9. The molecule has 6 amide bonds. The number of allylic oxidation sites excluding steroid dienone is 1. The molecule has 12 N–H and O–H groups in total. The van der Waals surface area contributed by atoms with E-state index in [-0.39, 0.29) is 90.0 Å². The van der Waals surface area contributed by atoms with E-state index in [2.05, 4.69) is 70.0 Å². The van der Waals surface area contributed by atoms with Gasteiger partial charge in [-0.25, -0.2) is 34.1 Å². The summed E-state index contributed by atoms with van der Waals surface area (Å²) in [6, 6.07) is 4.70. The van der Waals surface area contributed by atoms with Gasteiger partial charge in [0.05, 0.1) is 31.9 Å². The van der Waals surface area contributed by atoms with Gasteiger partial charge < -0.3 is 66.2 Å². The first-order chi connectivity index (χ1) is 41.8. The molecule has 4 unspecified atom stereocenters. The van der Waals surface area contributed by atoms with Crippen LogP contribution in [0.3, 0.4) is 0 Å². The lowest BCUT2D eigenvalue weighted by molar-refractivity contribution is -0.131. The molecule has 0 aliphatic carbocycles. The molecular weight excluding hydrogens is 1240 g/mol. The van der Waals surface area contributed by atoms with E-state index in [0.29, 0.717) is 49.2 Å². The number of imidazole rings is 2. The van der Waals surface area contributed by atoms with Crippen LogP contribution in [-0.2, 0) is 74.5 Å². The highest BCUT2D eigenvalue weighted by atomic mass is 32.7. The van der Waals surface area contributed by atoms with Crippen molar-refractivity contribution in [2.75, 3.05) is 42.7 Å². The maximum atomic E-state index is 14.0. The molecule has 474 valence electrons. The van der Waals surface area contributed by atoms with Crippen LogP contribution in [0.4, 0.5) is 27.0 Å². The Hall–Kier alpha value is -7.11. The van der Waals surface area contributed by atoms with Crippen LogP contribution in [-0.4, -0.2) is 164 Å². The molecule has 12 atom stereocenters. The van der Waals surface area contributed by atoms with Crippen LogP contribution in [0.2, 0.25) is 0 Å². The third-order valence-electron chi connectivity index (χ3n) is 14.6. The van der Waals surface area contributed by atoms with Gasteiger partial charge in [-0.1, -0.05) is 51.2 Å². The number of H-pyrrole nitrogens is 1. The van der Waals surface area contributed by atoms with E-state index >= 15 is 0 Å². The molecule has 3 fully saturated rings. The summed E-state index contributed by atoms with van der Waals surface area (Å²) < 4.78 is 57.0. The second-order valence-corrected chi connectivity index (χ2v) is 26.9. The summed E-state index contributed by atoms with van der Waals surface area (Å²) in [6.07, 6.45) is -4.15. The average molecular weight is 1300 g/mol. The molecule has 8 heterocycles. The van der Waals surface area contributed by atoms with Crippen molar-refractivity contribution in [3.8, 4) is 0 Å². The van der Waals surface area contributed by atoms with E-state index in [4.69, 9.17) is 55.6 Å². The Balaban J connectivity index is 0.797. The fourth-order valence-electron chi connectivity index (χ4n) is 10.2. The molecule has 9 rings (SSSR count). The molecular formula is C51H65N15O18P2S2. The molecule has 0 spiro atoms. The average Bonchev–Trinajstić information content (AvgIpc) is 3.04. The van der Waals surface area contributed by atoms with Gasteiger partial charge in [-0.2, -0.15) is 4.98 Å². The number of anilines is 3. The van der Waals surface area contributed by atoms with Crippen LogP contribution in [0.25, 0.3) is 22.3 Å². The minimum absolute atomic E-state index is 0.00421. The van der Waals surface area contributed by atoms with Crippen molar-refractivity contribution in [1.29, 1.82) is 0 Å². The number of hydrogen-bond acceptors (Lipinski definition) is 24. The normalized spacial score (nSPS) is 26.2. The lowest BCUT2D eigenvalue weighted by Crippen LogP contribution is -2.45. The maximum Gasteiger partial charge on any atom is 0.413 e. The number of hydrogen-bond donors (Lipinski definition) is 11. The molecule has 0 radical (unpaired) electrons. The number of nitrogen functional groups attached to an aromatic ring is 1. The number of amides is 6. The van der Waals surface area contributed by atoms with E-state index in [1.54, 1.807) is 49.1 Å². The molecule has 4 aliphatic rings. The van der Waals surface area contributed by atoms with Gasteiger partial charge >= 0.3 is 25.6 Å². The highest BCUT2D eigenvalue weighted by molar-refractivity contribution is 8.44. The van der Waals surface area contributed by atoms with Crippen molar-refractivity contribution in [3.63, 3.8) is 0 Å².